The van der Waals surface area contributed by atoms with Crippen LogP contribution in [0.3, 0.4) is 0 Å². The van der Waals surface area contributed by atoms with Crippen LogP contribution in [0.4, 0.5) is 9.59 Å². The summed E-state index contributed by atoms with van der Waals surface area (Å²) in [4.78, 5) is 43.9. The normalized spacial score (nSPS) is 9.41. The minimum absolute atomic E-state index is 0.300. The van der Waals surface area contributed by atoms with E-state index in [0.717, 1.165) is 6.08 Å². The molecule has 0 spiro atoms. The molecule has 2 N–H and O–H groups in total. The standard InChI is InChI=1S/C12H18N2O8/c1-4-9(15)19-6-21-11(17)13-5-14-12(18)22-7-20-10(16)8(2)3/h4,8H,1,5-7H2,2-3H3,(H,13,17)(H,14,18). The molecule has 0 unspecified atom stereocenters. The minimum Gasteiger partial charge on any atom is -0.428 e. The number of nitrogens with one attached hydrogen (secondary N) is 2. The Bertz CT molecular complexity index is 421. The molecule has 10 heteroatoms. The summed E-state index contributed by atoms with van der Waals surface area (Å²) in [6.45, 7) is 4.98. The number of amides is 2. The average Bonchev–Trinajstić information content (AvgIpc) is 2.46. The van der Waals surface area contributed by atoms with Gasteiger partial charge in [-0.15, -0.1) is 0 Å². The Labute approximate surface area is 126 Å². The first-order chi connectivity index (χ1) is 10.4. The first kappa shape index (κ1) is 19.2. The number of hydrogen-bond acceptors (Lipinski definition) is 8. The van der Waals surface area contributed by atoms with Crippen LogP contribution >= 0.6 is 0 Å². The molecule has 2 amide bonds. The lowest BCUT2D eigenvalue weighted by atomic mass is 10.2. The summed E-state index contributed by atoms with van der Waals surface area (Å²) in [5, 5.41) is 4.26. The van der Waals surface area contributed by atoms with E-state index in [1.165, 1.54) is 0 Å². The monoisotopic (exact) mass is 318 g/mol. The molecule has 0 atom stereocenters. The maximum absolute atomic E-state index is 11.1. The van der Waals surface area contributed by atoms with Gasteiger partial charge in [0, 0.05) is 6.08 Å². The van der Waals surface area contributed by atoms with E-state index in [4.69, 9.17) is 0 Å². The lowest BCUT2D eigenvalue weighted by Gasteiger charge is -2.10. The summed E-state index contributed by atoms with van der Waals surface area (Å²) in [6, 6.07) is 0. The molecule has 0 aromatic rings. The van der Waals surface area contributed by atoms with Crippen LogP contribution in [-0.4, -0.2) is 44.4 Å². The van der Waals surface area contributed by atoms with Gasteiger partial charge in [0.2, 0.25) is 13.6 Å². The molecule has 22 heavy (non-hydrogen) atoms. The van der Waals surface area contributed by atoms with Crippen LogP contribution in [0.2, 0.25) is 0 Å². The maximum atomic E-state index is 11.1. The highest BCUT2D eigenvalue weighted by atomic mass is 16.7. The second-order valence-corrected chi connectivity index (χ2v) is 3.92. The fraction of sp³-hybridized carbons (Fsp3) is 0.500. The zero-order valence-electron chi connectivity index (χ0n) is 12.2. The molecule has 10 nitrogen and oxygen atoms in total. The Balaban J connectivity index is 3.62. The van der Waals surface area contributed by atoms with Crippen molar-refractivity contribution in [2.24, 2.45) is 5.92 Å². The van der Waals surface area contributed by atoms with Gasteiger partial charge >= 0.3 is 24.1 Å². The first-order valence-corrected chi connectivity index (χ1v) is 6.14. The van der Waals surface area contributed by atoms with Crippen molar-refractivity contribution in [2.75, 3.05) is 20.3 Å². The van der Waals surface area contributed by atoms with Gasteiger partial charge in [0.15, 0.2) is 0 Å². The summed E-state index contributed by atoms with van der Waals surface area (Å²) in [5.41, 5.74) is 0. The molecule has 0 saturated heterocycles. The van der Waals surface area contributed by atoms with Gasteiger partial charge in [0.25, 0.3) is 0 Å². The molecule has 0 rings (SSSR count). The minimum atomic E-state index is -0.927. The second kappa shape index (κ2) is 10.9. The number of hydrogen-bond donors (Lipinski definition) is 2. The molecular weight excluding hydrogens is 300 g/mol. The topological polar surface area (TPSA) is 129 Å². The van der Waals surface area contributed by atoms with E-state index < -0.39 is 37.7 Å². The van der Waals surface area contributed by atoms with Gasteiger partial charge in [-0.05, 0) is 0 Å². The number of rotatable bonds is 8. The molecule has 0 aliphatic carbocycles. The van der Waals surface area contributed by atoms with E-state index in [0.29, 0.717) is 0 Å². The largest absolute Gasteiger partial charge is 0.428 e. The van der Waals surface area contributed by atoms with Crippen LogP contribution in [0.5, 0.6) is 0 Å². The highest BCUT2D eigenvalue weighted by Crippen LogP contribution is 1.95. The van der Waals surface area contributed by atoms with E-state index in [2.05, 4.69) is 36.2 Å². The number of esters is 2. The Morgan fingerprint density at radius 2 is 1.45 bits per heavy atom. The molecular formula is C12H18N2O8. The number of alkyl carbamates (subject to hydrolysis) is 2. The smallest absolute Gasteiger partial charge is 0.411 e. The van der Waals surface area contributed by atoms with Crippen molar-refractivity contribution in [2.45, 2.75) is 13.8 Å². The Morgan fingerprint density at radius 3 is 1.91 bits per heavy atom. The molecule has 0 aromatic heterocycles. The van der Waals surface area contributed by atoms with Gasteiger partial charge in [0.1, 0.15) is 0 Å². The highest BCUT2D eigenvalue weighted by Gasteiger charge is 2.10. The molecule has 0 aliphatic heterocycles. The SMILES string of the molecule is C=CC(=O)OCOC(=O)NCNC(=O)OCOC(=O)C(C)C. The van der Waals surface area contributed by atoms with Gasteiger partial charge < -0.3 is 29.6 Å². The van der Waals surface area contributed by atoms with Crippen LogP contribution in [0, 0.1) is 5.92 Å². The lowest BCUT2D eigenvalue weighted by molar-refractivity contribution is -0.155. The molecule has 0 radical (unpaired) electrons. The highest BCUT2D eigenvalue weighted by molar-refractivity contribution is 5.81. The molecule has 0 aliphatic rings. The Morgan fingerprint density at radius 1 is 0.955 bits per heavy atom. The summed E-state index contributed by atoms with van der Waals surface area (Å²) in [7, 11) is 0. The molecule has 0 heterocycles. The van der Waals surface area contributed by atoms with Gasteiger partial charge in [-0.1, -0.05) is 20.4 Å². The Hall–Kier alpha value is -2.78. The molecule has 124 valence electrons. The van der Waals surface area contributed by atoms with Crippen molar-refractivity contribution < 1.29 is 38.1 Å². The third-order valence-electron chi connectivity index (χ3n) is 1.89. The van der Waals surface area contributed by atoms with Crippen molar-refractivity contribution in [1.82, 2.24) is 10.6 Å². The van der Waals surface area contributed by atoms with E-state index in [1.807, 2.05) is 0 Å². The van der Waals surface area contributed by atoms with Crippen LogP contribution in [-0.2, 0) is 28.5 Å². The summed E-state index contributed by atoms with van der Waals surface area (Å²) in [6.07, 6.45) is -0.927. The summed E-state index contributed by atoms with van der Waals surface area (Å²) in [5.74, 6) is -1.59. The third-order valence-corrected chi connectivity index (χ3v) is 1.89. The number of carbonyl (C=O) groups is 4. The predicted molar refractivity (Wildman–Crippen MR) is 71.1 cm³/mol. The van der Waals surface area contributed by atoms with Gasteiger partial charge in [-0.25, -0.2) is 14.4 Å². The summed E-state index contributed by atoms with van der Waals surface area (Å²) >= 11 is 0. The fourth-order valence-electron chi connectivity index (χ4n) is 0.798. The quantitative estimate of drug-likeness (QED) is 0.370. The van der Waals surface area contributed by atoms with E-state index in [1.54, 1.807) is 13.8 Å². The lowest BCUT2D eigenvalue weighted by Crippen LogP contribution is -2.38. The number of carbonyl (C=O) groups excluding carboxylic acids is 4. The van der Waals surface area contributed by atoms with Crippen molar-refractivity contribution in [3.63, 3.8) is 0 Å². The van der Waals surface area contributed by atoms with E-state index in [-0.39, 0.29) is 12.6 Å². The van der Waals surface area contributed by atoms with Gasteiger partial charge in [-0.3, -0.25) is 4.79 Å². The van der Waals surface area contributed by atoms with Crippen molar-refractivity contribution in [1.29, 1.82) is 0 Å². The van der Waals surface area contributed by atoms with Crippen LogP contribution < -0.4 is 10.6 Å². The Kier molecular flexibility index (Phi) is 9.56. The maximum Gasteiger partial charge on any atom is 0.411 e. The van der Waals surface area contributed by atoms with Gasteiger partial charge in [0.05, 0.1) is 12.6 Å². The molecule has 0 aromatic carbocycles. The average molecular weight is 318 g/mol. The van der Waals surface area contributed by atoms with E-state index >= 15 is 0 Å². The van der Waals surface area contributed by atoms with Gasteiger partial charge in [-0.2, -0.15) is 0 Å². The van der Waals surface area contributed by atoms with Crippen molar-refractivity contribution >= 4 is 24.1 Å². The zero-order chi connectivity index (χ0) is 17.0. The van der Waals surface area contributed by atoms with Crippen LogP contribution in [0.25, 0.3) is 0 Å². The molecule has 0 saturated carbocycles. The molecule has 0 bridgehead atoms. The summed E-state index contributed by atoms with van der Waals surface area (Å²) < 4.78 is 17.9. The fourth-order valence-corrected chi connectivity index (χ4v) is 0.798. The predicted octanol–water partition coefficient (Wildman–Crippen LogP) is 0.240. The van der Waals surface area contributed by atoms with Crippen LogP contribution in [0.15, 0.2) is 12.7 Å². The van der Waals surface area contributed by atoms with Crippen LogP contribution in [0.1, 0.15) is 13.8 Å². The second-order valence-electron chi connectivity index (χ2n) is 3.92. The molecule has 0 fully saturated rings. The van der Waals surface area contributed by atoms with Crippen molar-refractivity contribution in [3.05, 3.63) is 12.7 Å². The van der Waals surface area contributed by atoms with E-state index in [9.17, 15) is 19.2 Å². The third kappa shape index (κ3) is 10.1. The number of ether oxygens (including phenoxy) is 4. The van der Waals surface area contributed by atoms with Crippen molar-refractivity contribution in [3.8, 4) is 0 Å². The first-order valence-electron chi connectivity index (χ1n) is 6.14. The zero-order valence-corrected chi connectivity index (χ0v) is 12.2.